The Balaban J connectivity index is 1.47. The summed E-state index contributed by atoms with van der Waals surface area (Å²) in [5, 5.41) is 14.7. The minimum absolute atomic E-state index is 0.475. The van der Waals surface area contributed by atoms with Gasteiger partial charge in [0, 0.05) is 31.5 Å². The van der Waals surface area contributed by atoms with Crippen LogP contribution in [0.25, 0.3) is 0 Å². The van der Waals surface area contributed by atoms with Gasteiger partial charge in [0.05, 0.1) is 17.2 Å². The lowest BCUT2D eigenvalue weighted by Crippen LogP contribution is -2.55. The van der Waals surface area contributed by atoms with Crippen LogP contribution in [0, 0.1) is 0 Å². The van der Waals surface area contributed by atoms with E-state index in [-0.39, 0.29) is 0 Å². The first-order valence-corrected chi connectivity index (χ1v) is 9.48. The zero-order valence-corrected chi connectivity index (χ0v) is 16.4. The van der Waals surface area contributed by atoms with Crippen LogP contribution < -0.4 is 5.46 Å². The maximum Gasteiger partial charge on any atom is 0.312 e. The minimum atomic E-state index is -0.883. The predicted molar refractivity (Wildman–Crippen MR) is 102 cm³/mol. The molecule has 0 unspecified atom stereocenters. The molecule has 0 aromatic carbocycles. The van der Waals surface area contributed by atoms with Crippen molar-refractivity contribution in [1.82, 2.24) is 19.6 Å². The van der Waals surface area contributed by atoms with Crippen LogP contribution >= 0.6 is 0 Å². The van der Waals surface area contributed by atoms with Crippen LogP contribution in [0.5, 0.6) is 0 Å². The second-order valence-electron chi connectivity index (χ2n) is 8.83. The van der Waals surface area contributed by atoms with Crippen molar-refractivity contribution >= 4 is 12.9 Å². The molecule has 3 heterocycles. The van der Waals surface area contributed by atoms with Gasteiger partial charge in [-0.1, -0.05) is 0 Å². The second-order valence-corrected chi connectivity index (χ2v) is 8.83. The van der Waals surface area contributed by atoms with E-state index in [4.69, 9.17) is 4.65 Å². The van der Waals surface area contributed by atoms with Gasteiger partial charge in [0.15, 0.2) is 0 Å². The first-order valence-electron chi connectivity index (χ1n) is 9.48. The van der Waals surface area contributed by atoms with Gasteiger partial charge in [-0.25, -0.2) is 0 Å². The van der Waals surface area contributed by atoms with Gasteiger partial charge in [0.2, 0.25) is 0 Å². The van der Waals surface area contributed by atoms with Crippen molar-refractivity contribution in [2.75, 3.05) is 33.2 Å². The van der Waals surface area contributed by atoms with Crippen molar-refractivity contribution in [3.05, 3.63) is 12.4 Å². The molecule has 0 atom stereocenters. The Kier molecular flexibility index (Phi) is 5.31. The Labute approximate surface area is 152 Å². The van der Waals surface area contributed by atoms with Crippen molar-refractivity contribution in [3.8, 4) is 0 Å². The Morgan fingerprint density at radius 1 is 1.16 bits per heavy atom. The van der Waals surface area contributed by atoms with Crippen LogP contribution in [-0.4, -0.2) is 82.6 Å². The average Bonchev–Trinajstić information content (AvgIpc) is 2.93. The van der Waals surface area contributed by atoms with E-state index in [1.54, 1.807) is 13.8 Å². The SMILES string of the molecule is CN1CCC(N2CC(n3cc(BOC(C)(C)C(C)(C)O)cn3)C2)CC1. The van der Waals surface area contributed by atoms with Gasteiger partial charge in [-0.05, 0) is 66.1 Å². The molecule has 0 bridgehead atoms. The van der Waals surface area contributed by atoms with Crippen molar-refractivity contribution < 1.29 is 9.76 Å². The minimum Gasteiger partial charge on any atom is -0.427 e. The lowest BCUT2D eigenvalue weighted by atomic mass is 9.84. The Morgan fingerprint density at radius 2 is 1.80 bits per heavy atom. The van der Waals surface area contributed by atoms with E-state index < -0.39 is 11.2 Å². The van der Waals surface area contributed by atoms with Crippen molar-refractivity contribution in [3.63, 3.8) is 0 Å². The standard InChI is InChI=1S/C18H33BN4O2/c1-17(2,24)18(3,4)25-19-14-10-20-23(11-14)16-12-22(13-16)15-6-8-21(5)9-7-15/h10-11,15-16,19,24H,6-9,12-13H2,1-5H3. The highest BCUT2D eigenvalue weighted by molar-refractivity contribution is 6.46. The molecular formula is C18H33BN4O2. The van der Waals surface area contributed by atoms with Gasteiger partial charge in [-0.2, -0.15) is 5.10 Å². The van der Waals surface area contributed by atoms with Crippen molar-refractivity contribution in [2.45, 2.75) is 63.8 Å². The number of rotatable bonds is 6. The number of hydrogen-bond donors (Lipinski definition) is 1. The molecule has 2 aliphatic rings. The molecule has 2 fully saturated rings. The molecule has 3 rings (SSSR count). The van der Waals surface area contributed by atoms with Gasteiger partial charge in [0.1, 0.15) is 0 Å². The maximum atomic E-state index is 10.2. The molecule has 0 amide bonds. The second kappa shape index (κ2) is 7.03. The molecule has 1 aromatic rings. The summed E-state index contributed by atoms with van der Waals surface area (Å²) in [5.74, 6) is 0. The van der Waals surface area contributed by atoms with E-state index in [0.29, 0.717) is 13.5 Å². The van der Waals surface area contributed by atoms with E-state index in [1.165, 1.54) is 25.9 Å². The maximum absolute atomic E-state index is 10.2. The highest BCUT2D eigenvalue weighted by Crippen LogP contribution is 2.27. The molecule has 0 aliphatic carbocycles. The number of nitrogens with zero attached hydrogens (tertiary/aromatic N) is 4. The summed E-state index contributed by atoms with van der Waals surface area (Å²) in [6.45, 7) is 12.0. The molecule has 0 spiro atoms. The number of likely N-dealkylation sites (tertiary alicyclic amines) is 2. The molecule has 25 heavy (non-hydrogen) atoms. The molecule has 6 nitrogen and oxygen atoms in total. The topological polar surface area (TPSA) is 53.8 Å². The molecule has 2 aliphatic heterocycles. The molecule has 0 radical (unpaired) electrons. The zero-order chi connectivity index (χ0) is 18.2. The highest BCUT2D eigenvalue weighted by atomic mass is 16.5. The van der Waals surface area contributed by atoms with Gasteiger partial charge in [0.25, 0.3) is 0 Å². The molecule has 0 saturated carbocycles. The monoisotopic (exact) mass is 348 g/mol. The van der Waals surface area contributed by atoms with E-state index in [9.17, 15) is 5.11 Å². The predicted octanol–water partition coefficient (Wildman–Crippen LogP) is 0.377. The Hall–Kier alpha value is -0.885. The molecular weight excluding hydrogens is 315 g/mol. The lowest BCUT2D eigenvalue weighted by Gasteiger charge is -2.46. The fourth-order valence-electron chi connectivity index (χ4n) is 3.41. The summed E-state index contributed by atoms with van der Waals surface area (Å²) in [7, 11) is 2.68. The van der Waals surface area contributed by atoms with E-state index in [0.717, 1.165) is 24.6 Å². The fraction of sp³-hybridized carbons (Fsp3) is 0.833. The summed E-state index contributed by atoms with van der Waals surface area (Å²) in [5.41, 5.74) is -0.419. The summed E-state index contributed by atoms with van der Waals surface area (Å²) in [4.78, 5) is 5.02. The van der Waals surface area contributed by atoms with Crippen molar-refractivity contribution in [2.24, 2.45) is 0 Å². The van der Waals surface area contributed by atoms with Crippen LogP contribution in [0.3, 0.4) is 0 Å². The molecule has 1 aromatic heterocycles. The normalized spacial score (nSPS) is 22.2. The van der Waals surface area contributed by atoms with Crippen LogP contribution in [0.2, 0.25) is 0 Å². The van der Waals surface area contributed by atoms with E-state index >= 15 is 0 Å². The first-order chi connectivity index (χ1) is 11.7. The molecule has 7 heteroatoms. The van der Waals surface area contributed by atoms with Gasteiger partial charge < -0.3 is 14.7 Å². The van der Waals surface area contributed by atoms with Gasteiger partial charge >= 0.3 is 7.48 Å². The third kappa shape index (κ3) is 4.27. The Morgan fingerprint density at radius 3 is 2.40 bits per heavy atom. The summed E-state index contributed by atoms with van der Waals surface area (Å²) in [6.07, 6.45) is 6.55. The quantitative estimate of drug-likeness (QED) is 0.754. The van der Waals surface area contributed by atoms with Crippen LogP contribution in [-0.2, 0) is 4.65 Å². The lowest BCUT2D eigenvalue weighted by molar-refractivity contribution is -0.0893. The van der Waals surface area contributed by atoms with Gasteiger partial charge in [-0.3, -0.25) is 9.58 Å². The molecule has 2 saturated heterocycles. The molecule has 1 N–H and O–H groups in total. The van der Waals surface area contributed by atoms with E-state index in [2.05, 4.69) is 32.8 Å². The van der Waals surface area contributed by atoms with Crippen LogP contribution in [0.4, 0.5) is 0 Å². The summed E-state index contributed by atoms with van der Waals surface area (Å²) >= 11 is 0. The largest absolute Gasteiger partial charge is 0.427 e. The fourth-order valence-corrected chi connectivity index (χ4v) is 3.41. The van der Waals surface area contributed by atoms with Crippen molar-refractivity contribution in [1.29, 1.82) is 0 Å². The third-order valence-corrected chi connectivity index (χ3v) is 6.20. The number of piperidine rings is 1. The Bertz CT molecular complexity index is 570. The van der Waals surface area contributed by atoms with Crippen LogP contribution in [0.1, 0.15) is 46.6 Å². The third-order valence-electron chi connectivity index (χ3n) is 6.20. The molecule has 140 valence electrons. The van der Waals surface area contributed by atoms with Gasteiger partial charge in [-0.15, -0.1) is 0 Å². The smallest absolute Gasteiger partial charge is 0.312 e. The highest BCUT2D eigenvalue weighted by Gasteiger charge is 2.37. The summed E-state index contributed by atoms with van der Waals surface area (Å²) < 4.78 is 8.02. The van der Waals surface area contributed by atoms with Crippen LogP contribution in [0.15, 0.2) is 12.4 Å². The number of aromatic nitrogens is 2. The number of aliphatic hydroxyl groups is 1. The summed E-state index contributed by atoms with van der Waals surface area (Å²) in [6, 6.07) is 1.23. The first kappa shape index (κ1) is 18.9. The number of hydrogen-bond acceptors (Lipinski definition) is 5. The zero-order valence-electron chi connectivity index (χ0n) is 16.4. The van der Waals surface area contributed by atoms with E-state index in [1.807, 2.05) is 20.0 Å². The average molecular weight is 348 g/mol.